The predicted octanol–water partition coefficient (Wildman–Crippen LogP) is 1.45. The lowest BCUT2D eigenvalue weighted by atomic mass is 9.97. The van der Waals surface area contributed by atoms with Crippen molar-refractivity contribution in [2.45, 2.75) is 39.2 Å². The fourth-order valence-electron chi connectivity index (χ4n) is 1.42. The van der Waals surface area contributed by atoms with E-state index in [1.807, 2.05) is 6.92 Å². The van der Waals surface area contributed by atoms with Crippen molar-refractivity contribution in [2.75, 3.05) is 0 Å². The number of carbonyl (C=O) groups is 3. The molecule has 2 atom stereocenters. The molecular formula is C12H18O6. The van der Waals surface area contributed by atoms with Crippen LogP contribution in [0.2, 0.25) is 0 Å². The summed E-state index contributed by atoms with van der Waals surface area (Å²) in [5.41, 5.74) is -0.467. The summed E-state index contributed by atoms with van der Waals surface area (Å²) in [6.07, 6.45) is 0.423. The molecule has 6 heteroatoms. The van der Waals surface area contributed by atoms with E-state index < -0.39 is 35.8 Å². The minimum Gasteiger partial charge on any atom is -0.481 e. The van der Waals surface area contributed by atoms with Crippen molar-refractivity contribution in [1.29, 1.82) is 0 Å². The van der Waals surface area contributed by atoms with Gasteiger partial charge in [-0.1, -0.05) is 19.9 Å². The molecule has 0 radical (unpaired) electrons. The van der Waals surface area contributed by atoms with Gasteiger partial charge in [-0.2, -0.15) is 0 Å². The number of carbonyl (C=O) groups excluding carboxylic acids is 1. The molecule has 0 fully saturated rings. The Kier molecular flexibility index (Phi) is 6.70. The van der Waals surface area contributed by atoms with Crippen LogP contribution in [-0.2, 0) is 19.1 Å². The van der Waals surface area contributed by atoms with Crippen LogP contribution < -0.4 is 0 Å². The van der Waals surface area contributed by atoms with Crippen LogP contribution in [0.15, 0.2) is 12.2 Å². The first-order valence-corrected chi connectivity index (χ1v) is 5.63. The van der Waals surface area contributed by atoms with Gasteiger partial charge in [0.2, 0.25) is 0 Å². The molecule has 0 aliphatic heterocycles. The molecule has 0 aliphatic carbocycles. The van der Waals surface area contributed by atoms with Gasteiger partial charge < -0.3 is 14.9 Å². The molecule has 0 aliphatic rings. The van der Waals surface area contributed by atoms with Crippen LogP contribution in [0.1, 0.15) is 33.1 Å². The lowest BCUT2D eigenvalue weighted by molar-refractivity contribution is -0.157. The maximum absolute atomic E-state index is 11.7. The number of hydrogen-bond donors (Lipinski definition) is 2. The van der Waals surface area contributed by atoms with Crippen LogP contribution in [0.5, 0.6) is 0 Å². The van der Waals surface area contributed by atoms with Crippen LogP contribution in [0.25, 0.3) is 0 Å². The second kappa shape index (κ2) is 7.47. The monoisotopic (exact) mass is 258 g/mol. The largest absolute Gasteiger partial charge is 0.481 e. The first kappa shape index (κ1) is 16.1. The molecule has 0 bridgehead atoms. The van der Waals surface area contributed by atoms with Gasteiger partial charge in [0.15, 0.2) is 0 Å². The molecule has 0 saturated heterocycles. The lowest BCUT2D eigenvalue weighted by Gasteiger charge is -2.18. The Morgan fingerprint density at radius 2 is 1.83 bits per heavy atom. The van der Waals surface area contributed by atoms with Crippen LogP contribution >= 0.6 is 0 Å². The number of rotatable bonds is 8. The molecule has 18 heavy (non-hydrogen) atoms. The predicted molar refractivity (Wildman–Crippen MR) is 63.0 cm³/mol. The van der Waals surface area contributed by atoms with Crippen LogP contribution in [-0.4, -0.2) is 34.2 Å². The second-order valence-electron chi connectivity index (χ2n) is 4.02. The van der Waals surface area contributed by atoms with E-state index in [9.17, 15) is 14.4 Å². The number of hydrogen-bond acceptors (Lipinski definition) is 4. The molecule has 2 N–H and O–H groups in total. The fourth-order valence-corrected chi connectivity index (χ4v) is 1.42. The molecule has 0 rings (SSSR count). The third-order valence-electron chi connectivity index (χ3n) is 2.37. The van der Waals surface area contributed by atoms with E-state index in [1.165, 1.54) is 0 Å². The average molecular weight is 258 g/mol. The molecule has 0 saturated carbocycles. The number of carboxylic acid groups (broad SMARTS) is 2. The highest BCUT2D eigenvalue weighted by Gasteiger charge is 2.30. The van der Waals surface area contributed by atoms with E-state index >= 15 is 0 Å². The lowest BCUT2D eigenvalue weighted by Crippen LogP contribution is -2.28. The Morgan fingerprint density at radius 3 is 2.22 bits per heavy atom. The summed E-state index contributed by atoms with van der Waals surface area (Å²) in [4.78, 5) is 33.0. The number of carboxylic acids is 2. The summed E-state index contributed by atoms with van der Waals surface area (Å²) in [5, 5.41) is 17.4. The molecule has 2 unspecified atom stereocenters. The second-order valence-corrected chi connectivity index (χ2v) is 4.02. The van der Waals surface area contributed by atoms with Gasteiger partial charge in [-0.15, -0.1) is 0 Å². The van der Waals surface area contributed by atoms with E-state index in [0.717, 1.165) is 6.42 Å². The zero-order valence-electron chi connectivity index (χ0n) is 10.5. The minimum absolute atomic E-state index is 0.375. The number of ether oxygens (including phenoxy) is 1. The highest BCUT2D eigenvalue weighted by molar-refractivity contribution is 5.95. The molecule has 0 aromatic carbocycles. The van der Waals surface area contributed by atoms with Gasteiger partial charge >= 0.3 is 17.9 Å². The summed E-state index contributed by atoms with van der Waals surface area (Å²) in [5.74, 6) is -4.88. The summed E-state index contributed by atoms with van der Waals surface area (Å²) >= 11 is 0. The summed E-state index contributed by atoms with van der Waals surface area (Å²) in [6.45, 7) is 6.80. The quantitative estimate of drug-likeness (QED) is 0.504. The summed E-state index contributed by atoms with van der Waals surface area (Å²) in [7, 11) is 0. The molecule has 6 nitrogen and oxygen atoms in total. The number of esters is 1. The Labute approximate surface area is 105 Å². The van der Waals surface area contributed by atoms with Gasteiger partial charge in [0.25, 0.3) is 0 Å². The van der Waals surface area contributed by atoms with Crippen LogP contribution in [0.3, 0.4) is 0 Å². The van der Waals surface area contributed by atoms with Gasteiger partial charge in [0.05, 0.1) is 18.4 Å². The minimum atomic E-state index is -1.40. The van der Waals surface area contributed by atoms with Crippen molar-refractivity contribution in [3.63, 3.8) is 0 Å². The molecule has 0 spiro atoms. The van der Waals surface area contributed by atoms with E-state index in [1.54, 1.807) is 6.92 Å². The van der Waals surface area contributed by atoms with Crippen molar-refractivity contribution >= 4 is 17.9 Å². The van der Waals surface area contributed by atoms with Crippen molar-refractivity contribution in [2.24, 2.45) is 5.92 Å². The Bertz CT molecular complexity index is 346. The first-order chi connectivity index (χ1) is 8.29. The average Bonchev–Trinajstić information content (AvgIpc) is 2.24. The smallest absolute Gasteiger partial charge is 0.331 e. The van der Waals surface area contributed by atoms with E-state index in [4.69, 9.17) is 14.9 Å². The van der Waals surface area contributed by atoms with Gasteiger partial charge in [0, 0.05) is 5.57 Å². The van der Waals surface area contributed by atoms with Gasteiger partial charge in [0.1, 0.15) is 0 Å². The van der Waals surface area contributed by atoms with E-state index in [2.05, 4.69) is 6.58 Å². The normalized spacial score (nSPS) is 13.4. The molecule has 102 valence electrons. The van der Waals surface area contributed by atoms with Gasteiger partial charge in [-0.05, 0) is 13.3 Å². The van der Waals surface area contributed by atoms with Crippen molar-refractivity contribution in [3.05, 3.63) is 12.2 Å². The molecular weight excluding hydrogens is 240 g/mol. The molecule has 0 heterocycles. The maximum atomic E-state index is 11.7. The summed E-state index contributed by atoms with van der Waals surface area (Å²) < 4.78 is 5.00. The third-order valence-corrected chi connectivity index (χ3v) is 2.37. The molecule has 0 aromatic rings. The van der Waals surface area contributed by atoms with Gasteiger partial charge in [-0.3, -0.25) is 9.59 Å². The van der Waals surface area contributed by atoms with E-state index in [0.29, 0.717) is 6.42 Å². The third kappa shape index (κ3) is 5.47. The molecule has 0 amide bonds. The fraction of sp³-hybridized carbons (Fsp3) is 0.583. The topological polar surface area (TPSA) is 101 Å². The standard InChI is InChI=1S/C12H18O6/c1-4-5-7(2)18-12(17)9(6-10(13)14)8(3)11(15)16/h7,9H,3-6H2,1-2H3,(H,13,14)(H,15,16). The van der Waals surface area contributed by atoms with Crippen LogP contribution in [0, 0.1) is 5.92 Å². The number of aliphatic carboxylic acids is 2. The first-order valence-electron chi connectivity index (χ1n) is 5.63. The Balaban J connectivity index is 4.75. The van der Waals surface area contributed by atoms with Gasteiger partial charge in [-0.25, -0.2) is 4.79 Å². The van der Waals surface area contributed by atoms with Crippen LogP contribution in [0.4, 0.5) is 0 Å². The van der Waals surface area contributed by atoms with Crippen molar-refractivity contribution in [1.82, 2.24) is 0 Å². The van der Waals surface area contributed by atoms with Crippen molar-refractivity contribution < 1.29 is 29.3 Å². The zero-order valence-corrected chi connectivity index (χ0v) is 10.5. The Hall–Kier alpha value is -1.85. The van der Waals surface area contributed by atoms with E-state index in [-0.39, 0.29) is 6.10 Å². The Morgan fingerprint density at radius 1 is 1.28 bits per heavy atom. The SMILES string of the molecule is C=C(C(=O)O)C(CC(=O)O)C(=O)OC(C)CCC. The van der Waals surface area contributed by atoms with Crippen molar-refractivity contribution in [3.8, 4) is 0 Å². The molecule has 0 aromatic heterocycles. The highest BCUT2D eigenvalue weighted by Crippen LogP contribution is 2.18. The summed E-state index contributed by atoms with van der Waals surface area (Å²) in [6, 6.07) is 0. The maximum Gasteiger partial charge on any atom is 0.331 e. The highest BCUT2D eigenvalue weighted by atomic mass is 16.5. The zero-order chi connectivity index (χ0) is 14.3.